The number of anilines is 1. The van der Waals surface area contributed by atoms with Crippen molar-refractivity contribution in [2.75, 3.05) is 18.4 Å². The van der Waals surface area contributed by atoms with E-state index >= 15 is 0 Å². The van der Waals surface area contributed by atoms with Crippen molar-refractivity contribution in [2.45, 2.75) is 25.8 Å². The fraction of sp³-hybridized carbons (Fsp3) is 0.500. The molecule has 1 aromatic rings. The number of hydrogen-bond donors (Lipinski definition) is 2. The van der Waals surface area contributed by atoms with Gasteiger partial charge in [-0.25, -0.2) is 4.98 Å². The van der Waals surface area contributed by atoms with Crippen molar-refractivity contribution in [1.82, 2.24) is 9.88 Å². The predicted molar refractivity (Wildman–Crippen MR) is 90.8 cm³/mol. The van der Waals surface area contributed by atoms with E-state index in [1.807, 2.05) is 6.07 Å². The van der Waals surface area contributed by atoms with Crippen LogP contribution in [0.25, 0.3) is 0 Å². The standard InChI is InChI=1S/C14H19BrN4O2.ClH/c1-9(16)14(21)19-6-4-10(5-7-19)13(20)18-12-3-2-11(15)8-17-12;/h2-3,8-10H,4-7,16H2,1H3,(H,17,18,20);1H. The second-order valence-electron chi connectivity index (χ2n) is 5.24. The van der Waals surface area contributed by atoms with Gasteiger partial charge in [-0.1, -0.05) is 0 Å². The van der Waals surface area contributed by atoms with Gasteiger partial charge in [-0.3, -0.25) is 9.59 Å². The molecule has 1 fully saturated rings. The summed E-state index contributed by atoms with van der Waals surface area (Å²) < 4.78 is 0.864. The zero-order valence-electron chi connectivity index (χ0n) is 12.3. The number of rotatable bonds is 3. The van der Waals surface area contributed by atoms with E-state index in [0.717, 1.165) is 4.47 Å². The second kappa shape index (κ2) is 8.45. The zero-order chi connectivity index (χ0) is 15.4. The molecule has 1 aliphatic rings. The number of aromatic nitrogens is 1. The quantitative estimate of drug-likeness (QED) is 0.822. The van der Waals surface area contributed by atoms with E-state index < -0.39 is 6.04 Å². The van der Waals surface area contributed by atoms with Gasteiger partial charge in [0.2, 0.25) is 11.8 Å². The highest BCUT2D eigenvalue weighted by atomic mass is 79.9. The van der Waals surface area contributed by atoms with Gasteiger partial charge >= 0.3 is 0 Å². The average Bonchev–Trinajstić information content (AvgIpc) is 2.49. The van der Waals surface area contributed by atoms with Crippen LogP contribution in [-0.4, -0.2) is 40.8 Å². The molecule has 1 aromatic heterocycles. The van der Waals surface area contributed by atoms with Crippen LogP contribution in [0.1, 0.15) is 19.8 Å². The molecule has 3 N–H and O–H groups in total. The van der Waals surface area contributed by atoms with Gasteiger partial charge in [0.05, 0.1) is 6.04 Å². The molecule has 1 unspecified atom stereocenters. The number of carbonyl (C=O) groups excluding carboxylic acids is 2. The van der Waals surface area contributed by atoms with Gasteiger partial charge in [-0.05, 0) is 47.8 Å². The summed E-state index contributed by atoms with van der Waals surface area (Å²) in [7, 11) is 0. The van der Waals surface area contributed by atoms with Crippen molar-refractivity contribution in [3.05, 3.63) is 22.8 Å². The molecular weight excluding hydrogens is 372 g/mol. The molecule has 2 rings (SSSR count). The largest absolute Gasteiger partial charge is 0.341 e. The molecular formula is C14H20BrClN4O2. The number of likely N-dealkylation sites (tertiary alicyclic amines) is 1. The van der Waals surface area contributed by atoms with Crippen LogP contribution in [0.5, 0.6) is 0 Å². The molecule has 0 saturated carbocycles. The normalized spacial score (nSPS) is 16.6. The van der Waals surface area contributed by atoms with Crippen molar-refractivity contribution >= 4 is 46.0 Å². The Bertz CT molecular complexity index is 516. The van der Waals surface area contributed by atoms with Gasteiger partial charge in [0.25, 0.3) is 0 Å². The molecule has 8 heteroatoms. The molecule has 22 heavy (non-hydrogen) atoms. The van der Waals surface area contributed by atoms with E-state index in [1.165, 1.54) is 0 Å². The van der Waals surface area contributed by atoms with E-state index in [-0.39, 0.29) is 30.1 Å². The van der Waals surface area contributed by atoms with Crippen LogP contribution in [0.15, 0.2) is 22.8 Å². The summed E-state index contributed by atoms with van der Waals surface area (Å²) in [6.45, 7) is 2.83. The average molecular weight is 392 g/mol. The number of carbonyl (C=O) groups is 2. The van der Waals surface area contributed by atoms with Crippen molar-refractivity contribution in [3.63, 3.8) is 0 Å². The number of halogens is 2. The van der Waals surface area contributed by atoms with Crippen LogP contribution < -0.4 is 11.1 Å². The molecule has 0 aromatic carbocycles. The maximum Gasteiger partial charge on any atom is 0.239 e. The van der Waals surface area contributed by atoms with E-state index in [1.54, 1.807) is 24.1 Å². The summed E-state index contributed by atoms with van der Waals surface area (Å²) in [5.41, 5.74) is 5.59. The first kappa shape index (κ1) is 18.9. The Kier molecular flexibility index (Phi) is 7.25. The van der Waals surface area contributed by atoms with Gasteiger partial charge in [0, 0.05) is 29.7 Å². The third-order valence-corrected chi connectivity index (χ3v) is 4.01. The number of nitrogens with two attached hydrogens (primary N) is 1. The highest BCUT2D eigenvalue weighted by Crippen LogP contribution is 2.20. The Labute approximate surface area is 144 Å². The first-order valence-corrected chi connectivity index (χ1v) is 7.73. The molecule has 0 aliphatic carbocycles. The molecule has 2 heterocycles. The smallest absolute Gasteiger partial charge is 0.239 e. The molecule has 1 atom stereocenters. The molecule has 0 bridgehead atoms. The number of amides is 2. The lowest BCUT2D eigenvalue weighted by molar-refractivity contribution is -0.135. The summed E-state index contributed by atoms with van der Waals surface area (Å²) >= 11 is 3.30. The topological polar surface area (TPSA) is 88.3 Å². The highest BCUT2D eigenvalue weighted by molar-refractivity contribution is 9.10. The van der Waals surface area contributed by atoms with Crippen LogP contribution in [-0.2, 0) is 9.59 Å². The second-order valence-corrected chi connectivity index (χ2v) is 6.15. The van der Waals surface area contributed by atoms with Crippen LogP contribution >= 0.6 is 28.3 Å². The molecule has 6 nitrogen and oxygen atoms in total. The lowest BCUT2D eigenvalue weighted by atomic mass is 9.95. The molecule has 1 saturated heterocycles. The molecule has 1 aliphatic heterocycles. The molecule has 122 valence electrons. The Morgan fingerprint density at radius 1 is 1.41 bits per heavy atom. The minimum Gasteiger partial charge on any atom is -0.341 e. The number of pyridine rings is 1. The predicted octanol–water partition coefficient (Wildman–Crippen LogP) is 1.79. The van der Waals surface area contributed by atoms with E-state index in [2.05, 4.69) is 26.2 Å². The van der Waals surface area contributed by atoms with Crippen molar-refractivity contribution in [2.24, 2.45) is 11.7 Å². The van der Waals surface area contributed by atoms with Gasteiger partial charge in [-0.2, -0.15) is 0 Å². The number of nitrogens with one attached hydrogen (secondary N) is 1. The lowest BCUT2D eigenvalue weighted by Crippen LogP contribution is -2.47. The van der Waals surface area contributed by atoms with Crippen LogP contribution in [0.4, 0.5) is 5.82 Å². The third kappa shape index (κ3) is 4.93. The van der Waals surface area contributed by atoms with E-state index in [9.17, 15) is 9.59 Å². The Hall–Kier alpha value is -1.18. The van der Waals surface area contributed by atoms with Crippen molar-refractivity contribution in [3.8, 4) is 0 Å². The lowest BCUT2D eigenvalue weighted by Gasteiger charge is -2.32. The van der Waals surface area contributed by atoms with Gasteiger partial charge in [-0.15, -0.1) is 12.4 Å². The summed E-state index contributed by atoms with van der Waals surface area (Å²) in [4.78, 5) is 29.8. The molecule has 0 radical (unpaired) electrons. The summed E-state index contributed by atoms with van der Waals surface area (Å²) in [5, 5.41) is 2.81. The molecule has 0 spiro atoms. The summed E-state index contributed by atoms with van der Waals surface area (Å²) in [6.07, 6.45) is 2.95. The Morgan fingerprint density at radius 3 is 2.55 bits per heavy atom. The van der Waals surface area contributed by atoms with Crippen LogP contribution in [0.3, 0.4) is 0 Å². The van der Waals surface area contributed by atoms with Gasteiger partial charge in [0.15, 0.2) is 0 Å². The maximum absolute atomic E-state index is 12.2. The monoisotopic (exact) mass is 390 g/mol. The first-order valence-electron chi connectivity index (χ1n) is 6.94. The van der Waals surface area contributed by atoms with E-state index in [0.29, 0.717) is 31.7 Å². The van der Waals surface area contributed by atoms with Crippen molar-refractivity contribution < 1.29 is 9.59 Å². The van der Waals surface area contributed by atoms with Gasteiger partial charge < -0.3 is 16.0 Å². The van der Waals surface area contributed by atoms with Crippen LogP contribution in [0.2, 0.25) is 0 Å². The summed E-state index contributed by atoms with van der Waals surface area (Å²) in [6, 6.07) is 3.09. The fourth-order valence-corrected chi connectivity index (χ4v) is 2.56. The fourth-order valence-electron chi connectivity index (χ4n) is 2.33. The van der Waals surface area contributed by atoms with Gasteiger partial charge in [0.1, 0.15) is 5.82 Å². The van der Waals surface area contributed by atoms with Crippen molar-refractivity contribution in [1.29, 1.82) is 0 Å². The Balaban J connectivity index is 0.00000242. The zero-order valence-corrected chi connectivity index (χ0v) is 14.7. The highest BCUT2D eigenvalue weighted by Gasteiger charge is 2.28. The number of nitrogens with zero attached hydrogens (tertiary/aromatic N) is 2. The molecule has 2 amide bonds. The minimum atomic E-state index is -0.484. The summed E-state index contributed by atoms with van der Waals surface area (Å²) in [5.74, 6) is 0.353. The third-order valence-electron chi connectivity index (χ3n) is 3.55. The Morgan fingerprint density at radius 2 is 2.05 bits per heavy atom. The number of hydrogen-bond acceptors (Lipinski definition) is 4. The van der Waals surface area contributed by atoms with E-state index in [4.69, 9.17) is 5.73 Å². The minimum absolute atomic E-state index is 0. The SMILES string of the molecule is CC(N)C(=O)N1CCC(C(=O)Nc2ccc(Br)cn2)CC1.Cl. The number of piperidine rings is 1. The maximum atomic E-state index is 12.2. The first-order chi connectivity index (χ1) is 9.97. The van der Waals surface area contributed by atoms with Crippen LogP contribution in [0, 0.1) is 5.92 Å².